The van der Waals surface area contributed by atoms with Gasteiger partial charge in [-0.25, -0.2) is 4.98 Å². The average molecular weight is 374 g/mol. The van der Waals surface area contributed by atoms with Gasteiger partial charge in [0, 0.05) is 68.8 Å². The Kier molecular flexibility index (Phi) is 3.89. The molecule has 0 radical (unpaired) electrons. The second-order valence-corrected chi connectivity index (χ2v) is 7.53. The van der Waals surface area contributed by atoms with Crippen molar-refractivity contribution in [1.82, 2.24) is 29.2 Å². The van der Waals surface area contributed by atoms with Crippen LogP contribution in [0.15, 0.2) is 36.9 Å². The van der Waals surface area contributed by atoms with Crippen LogP contribution in [-0.2, 0) is 31.4 Å². The van der Waals surface area contributed by atoms with Gasteiger partial charge in [-0.15, -0.1) is 0 Å². The molecule has 4 bridgehead atoms. The van der Waals surface area contributed by atoms with Crippen LogP contribution < -0.4 is 0 Å². The molecule has 1 aliphatic heterocycles. The molecule has 2 aliphatic rings. The largest absolute Gasteiger partial charge is 0.354 e. The number of hydrogen-bond acceptors (Lipinski definition) is 4. The van der Waals surface area contributed by atoms with Gasteiger partial charge in [0.2, 0.25) is 5.91 Å². The van der Waals surface area contributed by atoms with E-state index in [1.165, 1.54) is 0 Å². The minimum atomic E-state index is 0.127. The second kappa shape index (κ2) is 6.44. The summed E-state index contributed by atoms with van der Waals surface area (Å²) in [6.45, 7) is 1.28. The quantitative estimate of drug-likeness (QED) is 0.606. The summed E-state index contributed by atoms with van der Waals surface area (Å²) in [7, 11) is 3.73. The van der Waals surface area contributed by atoms with Gasteiger partial charge >= 0.3 is 0 Å². The van der Waals surface area contributed by atoms with E-state index < -0.39 is 0 Å². The van der Waals surface area contributed by atoms with Crippen molar-refractivity contribution in [2.75, 3.05) is 7.05 Å². The number of aryl methyl sites for hydroxylation is 2. The molecule has 0 fully saturated rings. The van der Waals surface area contributed by atoms with Crippen molar-refractivity contribution in [3.05, 3.63) is 59.6 Å². The number of nitrogens with zero attached hydrogens (tertiary/aromatic N) is 6. The number of allylic oxidation sites excluding steroid dienone is 1. The summed E-state index contributed by atoms with van der Waals surface area (Å²) in [5.74, 6) is 0.127. The summed E-state index contributed by atoms with van der Waals surface area (Å²) in [6.07, 6.45) is 12.3. The Hall–Kier alpha value is -3.22. The van der Waals surface area contributed by atoms with E-state index in [9.17, 15) is 4.79 Å². The Morgan fingerprint density at radius 3 is 2.93 bits per heavy atom. The highest BCUT2D eigenvalue weighted by Crippen LogP contribution is 2.33. The highest BCUT2D eigenvalue weighted by atomic mass is 16.2. The van der Waals surface area contributed by atoms with Gasteiger partial charge in [0.05, 0.1) is 35.5 Å². The maximum atomic E-state index is 12.6. The molecule has 4 heterocycles. The molecule has 0 saturated heterocycles. The molecule has 142 valence electrons. The van der Waals surface area contributed by atoms with Crippen LogP contribution in [0.3, 0.4) is 0 Å². The molecule has 7 heteroatoms. The number of carbonyl (C=O) groups excluding carboxylic acids is 1. The van der Waals surface area contributed by atoms with Gasteiger partial charge < -0.3 is 9.47 Å². The Morgan fingerprint density at radius 1 is 1.14 bits per heavy atom. The van der Waals surface area contributed by atoms with Crippen molar-refractivity contribution in [2.45, 2.75) is 32.4 Å². The molecule has 0 atom stereocenters. The molecule has 0 aromatic carbocycles. The van der Waals surface area contributed by atoms with Crippen LogP contribution in [0.1, 0.15) is 35.5 Å². The van der Waals surface area contributed by atoms with E-state index in [0.29, 0.717) is 13.0 Å². The van der Waals surface area contributed by atoms with Crippen LogP contribution in [0.25, 0.3) is 16.8 Å². The number of rotatable bonds is 0. The minimum absolute atomic E-state index is 0.127. The lowest BCUT2D eigenvalue weighted by Crippen LogP contribution is -2.26. The van der Waals surface area contributed by atoms with Crippen molar-refractivity contribution in [3.8, 4) is 11.3 Å². The van der Waals surface area contributed by atoms with Crippen molar-refractivity contribution in [1.29, 1.82) is 0 Å². The average Bonchev–Trinajstić information content (AvgIpc) is 3.38. The molecule has 0 saturated carbocycles. The lowest BCUT2D eigenvalue weighted by Gasteiger charge is -2.17. The monoisotopic (exact) mass is 374 g/mol. The zero-order valence-corrected chi connectivity index (χ0v) is 16.1. The first-order chi connectivity index (χ1) is 13.6. The van der Waals surface area contributed by atoms with Crippen molar-refractivity contribution < 1.29 is 4.79 Å². The van der Waals surface area contributed by atoms with Gasteiger partial charge in [-0.1, -0.05) is 6.08 Å². The van der Waals surface area contributed by atoms with Crippen LogP contribution in [0.5, 0.6) is 0 Å². The molecule has 0 spiro atoms. The van der Waals surface area contributed by atoms with E-state index in [1.54, 1.807) is 9.58 Å². The third-order valence-corrected chi connectivity index (χ3v) is 5.47. The lowest BCUT2D eigenvalue weighted by molar-refractivity contribution is -0.130. The van der Waals surface area contributed by atoms with E-state index >= 15 is 0 Å². The van der Waals surface area contributed by atoms with E-state index in [1.807, 2.05) is 26.5 Å². The molecule has 1 aliphatic carbocycles. The van der Waals surface area contributed by atoms with Gasteiger partial charge in [0.1, 0.15) is 0 Å². The number of fused-ring (bicyclic) bond motifs is 6. The standard InChI is InChI=1S/C21H22N6O/c1-25-13-19-16(12-26(2)24-19)18-10-22-17-6-5-15(21(17)23-18)14-7-9-27(11-14)8-3-4-20(25)28/h5,7,9-12H,3-4,6,8,13H2,1-2H3. The van der Waals surface area contributed by atoms with Gasteiger partial charge in [-0.05, 0) is 12.5 Å². The first-order valence-electron chi connectivity index (χ1n) is 9.58. The van der Waals surface area contributed by atoms with Crippen molar-refractivity contribution in [2.24, 2.45) is 7.05 Å². The van der Waals surface area contributed by atoms with Crippen molar-refractivity contribution >= 4 is 11.5 Å². The van der Waals surface area contributed by atoms with E-state index in [4.69, 9.17) is 4.98 Å². The fourth-order valence-corrected chi connectivity index (χ4v) is 3.98. The van der Waals surface area contributed by atoms with E-state index in [0.717, 1.165) is 58.9 Å². The van der Waals surface area contributed by atoms with Crippen LogP contribution >= 0.6 is 0 Å². The van der Waals surface area contributed by atoms with Gasteiger partial charge in [-0.3, -0.25) is 14.5 Å². The Bertz CT molecular complexity index is 1110. The third-order valence-electron chi connectivity index (χ3n) is 5.47. The van der Waals surface area contributed by atoms with Crippen LogP contribution in [0.4, 0.5) is 0 Å². The molecule has 28 heavy (non-hydrogen) atoms. The molecule has 5 rings (SSSR count). The molecule has 1 amide bonds. The molecule has 0 unspecified atom stereocenters. The van der Waals surface area contributed by atoms with Gasteiger partial charge in [-0.2, -0.15) is 5.10 Å². The lowest BCUT2D eigenvalue weighted by atomic mass is 10.1. The summed E-state index contributed by atoms with van der Waals surface area (Å²) < 4.78 is 3.92. The third kappa shape index (κ3) is 2.83. The topological polar surface area (TPSA) is 68.8 Å². The summed E-state index contributed by atoms with van der Waals surface area (Å²) in [5, 5.41) is 4.58. The molecule has 7 nitrogen and oxygen atoms in total. The van der Waals surface area contributed by atoms with E-state index in [2.05, 4.69) is 39.2 Å². The predicted molar refractivity (Wildman–Crippen MR) is 105 cm³/mol. The summed E-state index contributed by atoms with van der Waals surface area (Å²) in [5.41, 5.74) is 6.81. The smallest absolute Gasteiger partial charge is 0.222 e. The Balaban J connectivity index is 1.65. The van der Waals surface area contributed by atoms with E-state index in [-0.39, 0.29) is 5.91 Å². The zero-order valence-electron chi connectivity index (χ0n) is 16.1. The minimum Gasteiger partial charge on any atom is -0.354 e. The fourth-order valence-electron chi connectivity index (χ4n) is 3.98. The molecular weight excluding hydrogens is 352 g/mol. The molecule has 3 aromatic rings. The predicted octanol–water partition coefficient (Wildman–Crippen LogP) is 2.42. The maximum absolute atomic E-state index is 12.6. The number of amides is 1. The highest BCUT2D eigenvalue weighted by molar-refractivity contribution is 5.83. The maximum Gasteiger partial charge on any atom is 0.222 e. The number of carbonyl (C=O) groups is 1. The zero-order chi connectivity index (χ0) is 19.3. The first-order valence-corrected chi connectivity index (χ1v) is 9.58. The van der Waals surface area contributed by atoms with Crippen LogP contribution in [0.2, 0.25) is 0 Å². The number of aromatic nitrogens is 5. The number of hydrogen-bond donors (Lipinski definition) is 0. The summed E-state index contributed by atoms with van der Waals surface area (Å²) >= 11 is 0. The second-order valence-electron chi connectivity index (χ2n) is 7.53. The molecule has 3 aromatic heterocycles. The van der Waals surface area contributed by atoms with Gasteiger partial charge in [0.15, 0.2) is 0 Å². The normalized spacial score (nSPS) is 16.4. The molecule has 0 N–H and O–H groups in total. The SMILES string of the molecule is CN1Cc2nn(C)cc2-c2cnc3c(n2)C(=CC3)c2ccn(c2)CCCC1=O. The van der Waals surface area contributed by atoms with Crippen LogP contribution in [-0.4, -0.2) is 42.2 Å². The summed E-state index contributed by atoms with van der Waals surface area (Å²) in [4.78, 5) is 23.9. The highest BCUT2D eigenvalue weighted by Gasteiger charge is 2.23. The Morgan fingerprint density at radius 2 is 2.04 bits per heavy atom. The Labute approximate surface area is 163 Å². The van der Waals surface area contributed by atoms with Gasteiger partial charge in [0.25, 0.3) is 0 Å². The van der Waals surface area contributed by atoms with Crippen LogP contribution in [0, 0.1) is 0 Å². The van der Waals surface area contributed by atoms with Crippen molar-refractivity contribution in [3.63, 3.8) is 0 Å². The first kappa shape index (κ1) is 16.9. The summed E-state index contributed by atoms with van der Waals surface area (Å²) in [6, 6.07) is 2.12. The molecular formula is C21H22N6O. The fraction of sp³-hybridized carbons (Fsp3) is 0.333.